The molecule has 1 aliphatic carbocycles. The molecular formula is C14H10O2S. The predicted molar refractivity (Wildman–Crippen MR) is 66.9 cm³/mol. The van der Waals surface area contributed by atoms with Gasteiger partial charge in [0.1, 0.15) is 5.92 Å². The molecule has 0 saturated carbocycles. The number of aryl methyl sites for hydroxylation is 1. The minimum Gasteiger partial charge on any atom is -0.293 e. The molecule has 1 aromatic heterocycles. The predicted octanol–water partition coefficient (Wildman–Crippen LogP) is 3.22. The molecule has 17 heavy (non-hydrogen) atoms. The van der Waals surface area contributed by atoms with Gasteiger partial charge in [0.05, 0.1) is 0 Å². The molecule has 0 unspecified atom stereocenters. The second kappa shape index (κ2) is 3.64. The average molecular weight is 242 g/mol. The standard InChI is InChI=1S/C14H10O2S/c1-8-6-7-11(17-8)12-13(15)9-4-2-3-5-10(9)14(12)16/h2-7,12H,1H3. The third-order valence-electron chi connectivity index (χ3n) is 3.03. The maximum absolute atomic E-state index is 12.2. The molecule has 0 saturated heterocycles. The zero-order valence-electron chi connectivity index (χ0n) is 9.27. The minimum atomic E-state index is -0.605. The number of hydrogen-bond donors (Lipinski definition) is 0. The van der Waals surface area contributed by atoms with E-state index in [1.807, 2.05) is 19.1 Å². The summed E-state index contributed by atoms with van der Waals surface area (Å²) < 4.78 is 0. The zero-order chi connectivity index (χ0) is 12.0. The summed E-state index contributed by atoms with van der Waals surface area (Å²) in [5.41, 5.74) is 1.13. The highest BCUT2D eigenvalue weighted by Gasteiger charge is 2.39. The van der Waals surface area contributed by atoms with E-state index in [2.05, 4.69) is 0 Å². The lowest BCUT2D eigenvalue weighted by molar-refractivity contribution is 0.0892. The second-order valence-corrected chi connectivity index (χ2v) is 5.47. The molecule has 2 aromatic rings. The number of hydrogen-bond acceptors (Lipinski definition) is 3. The molecule has 0 fully saturated rings. The Morgan fingerprint density at radius 1 is 0.941 bits per heavy atom. The minimum absolute atomic E-state index is 0.0625. The van der Waals surface area contributed by atoms with Crippen LogP contribution in [0.3, 0.4) is 0 Å². The Bertz CT molecular complexity index is 590. The molecular weight excluding hydrogens is 232 g/mol. The van der Waals surface area contributed by atoms with Gasteiger partial charge in [0.15, 0.2) is 11.6 Å². The van der Waals surface area contributed by atoms with Crippen molar-refractivity contribution in [1.29, 1.82) is 0 Å². The molecule has 0 atom stereocenters. The first-order valence-corrected chi connectivity index (χ1v) is 6.24. The fourth-order valence-corrected chi connectivity index (χ4v) is 3.19. The summed E-state index contributed by atoms with van der Waals surface area (Å²) in [6.07, 6.45) is 0. The van der Waals surface area contributed by atoms with Crippen LogP contribution in [0.2, 0.25) is 0 Å². The van der Waals surface area contributed by atoms with Gasteiger partial charge in [-0.15, -0.1) is 11.3 Å². The summed E-state index contributed by atoms with van der Waals surface area (Å²) in [7, 11) is 0. The van der Waals surface area contributed by atoms with Crippen LogP contribution >= 0.6 is 11.3 Å². The molecule has 0 spiro atoms. The van der Waals surface area contributed by atoms with E-state index < -0.39 is 5.92 Å². The van der Waals surface area contributed by atoms with E-state index >= 15 is 0 Å². The number of ketones is 2. The lowest BCUT2D eigenvalue weighted by atomic mass is 10.0. The Morgan fingerprint density at radius 2 is 1.53 bits per heavy atom. The third-order valence-corrected chi connectivity index (χ3v) is 4.09. The molecule has 3 rings (SSSR count). The number of rotatable bonds is 1. The van der Waals surface area contributed by atoms with Crippen molar-refractivity contribution in [3.05, 3.63) is 57.3 Å². The Hall–Kier alpha value is -1.74. The van der Waals surface area contributed by atoms with E-state index in [-0.39, 0.29) is 11.6 Å². The van der Waals surface area contributed by atoms with Crippen LogP contribution in [0.1, 0.15) is 36.4 Å². The van der Waals surface area contributed by atoms with Crippen LogP contribution < -0.4 is 0 Å². The summed E-state index contributed by atoms with van der Waals surface area (Å²) in [5.74, 6) is -0.731. The molecule has 0 aliphatic heterocycles. The van der Waals surface area contributed by atoms with Crippen molar-refractivity contribution in [3.8, 4) is 0 Å². The fourth-order valence-electron chi connectivity index (χ4n) is 2.21. The first-order chi connectivity index (χ1) is 8.18. The number of benzene rings is 1. The summed E-state index contributed by atoms with van der Waals surface area (Å²) in [4.78, 5) is 26.4. The van der Waals surface area contributed by atoms with Crippen LogP contribution in [0.25, 0.3) is 0 Å². The van der Waals surface area contributed by atoms with Crippen molar-refractivity contribution in [2.24, 2.45) is 0 Å². The van der Waals surface area contributed by atoms with Gasteiger partial charge in [0, 0.05) is 20.9 Å². The van der Waals surface area contributed by atoms with E-state index in [1.54, 1.807) is 24.3 Å². The van der Waals surface area contributed by atoms with Gasteiger partial charge in [-0.25, -0.2) is 0 Å². The fraction of sp³-hybridized carbons (Fsp3) is 0.143. The van der Waals surface area contributed by atoms with Crippen LogP contribution in [-0.2, 0) is 0 Å². The van der Waals surface area contributed by atoms with Gasteiger partial charge in [0.25, 0.3) is 0 Å². The van der Waals surface area contributed by atoms with Crippen LogP contribution in [-0.4, -0.2) is 11.6 Å². The molecule has 3 heteroatoms. The third kappa shape index (κ3) is 1.46. The monoisotopic (exact) mass is 242 g/mol. The van der Waals surface area contributed by atoms with Crippen LogP contribution in [0.15, 0.2) is 36.4 Å². The Morgan fingerprint density at radius 3 is 2.00 bits per heavy atom. The number of carbonyl (C=O) groups excluding carboxylic acids is 2. The first kappa shape index (κ1) is 10.4. The maximum Gasteiger partial charge on any atom is 0.179 e. The summed E-state index contributed by atoms with van der Waals surface area (Å²) >= 11 is 1.52. The van der Waals surface area contributed by atoms with Gasteiger partial charge in [-0.3, -0.25) is 9.59 Å². The van der Waals surface area contributed by atoms with Gasteiger partial charge in [-0.2, -0.15) is 0 Å². The highest BCUT2D eigenvalue weighted by molar-refractivity contribution is 7.12. The van der Waals surface area contributed by atoms with Crippen molar-refractivity contribution < 1.29 is 9.59 Å². The maximum atomic E-state index is 12.2. The topological polar surface area (TPSA) is 34.1 Å². The van der Waals surface area contributed by atoms with Crippen LogP contribution in [0, 0.1) is 6.92 Å². The van der Waals surface area contributed by atoms with E-state index in [0.717, 1.165) is 9.75 Å². The van der Waals surface area contributed by atoms with Gasteiger partial charge < -0.3 is 0 Å². The molecule has 0 amide bonds. The van der Waals surface area contributed by atoms with E-state index in [4.69, 9.17) is 0 Å². The molecule has 2 nitrogen and oxygen atoms in total. The molecule has 1 aromatic carbocycles. The number of carbonyl (C=O) groups is 2. The second-order valence-electron chi connectivity index (χ2n) is 4.16. The molecule has 0 bridgehead atoms. The van der Waals surface area contributed by atoms with E-state index in [9.17, 15) is 9.59 Å². The Kier molecular flexibility index (Phi) is 2.23. The van der Waals surface area contributed by atoms with E-state index in [1.165, 1.54) is 11.3 Å². The SMILES string of the molecule is Cc1ccc(C2C(=O)c3ccccc3C2=O)s1. The van der Waals surface area contributed by atoms with E-state index in [0.29, 0.717) is 11.1 Å². The summed E-state index contributed by atoms with van der Waals surface area (Å²) in [5, 5.41) is 0. The van der Waals surface area contributed by atoms with Crippen molar-refractivity contribution in [2.45, 2.75) is 12.8 Å². The molecule has 1 heterocycles. The highest BCUT2D eigenvalue weighted by Crippen LogP contribution is 2.36. The van der Waals surface area contributed by atoms with Crippen LogP contribution in [0.4, 0.5) is 0 Å². The summed E-state index contributed by atoms with van der Waals surface area (Å²) in [6, 6.07) is 10.9. The summed E-state index contributed by atoms with van der Waals surface area (Å²) in [6.45, 7) is 1.98. The first-order valence-electron chi connectivity index (χ1n) is 5.42. The highest BCUT2D eigenvalue weighted by atomic mass is 32.1. The van der Waals surface area contributed by atoms with Gasteiger partial charge in [-0.05, 0) is 19.1 Å². The van der Waals surface area contributed by atoms with Gasteiger partial charge >= 0.3 is 0 Å². The van der Waals surface area contributed by atoms with Crippen molar-refractivity contribution >= 4 is 22.9 Å². The van der Waals surface area contributed by atoms with Crippen molar-refractivity contribution in [2.75, 3.05) is 0 Å². The zero-order valence-corrected chi connectivity index (χ0v) is 10.1. The average Bonchev–Trinajstić information content (AvgIpc) is 2.84. The van der Waals surface area contributed by atoms with Gasteiger partial charge in [-0.1, -0.05) is 24.3 Å². The van der Waals surface area contributed by atoms with Gasteiger partial charge in [0.2, 0.25) is 0 Å². The van der Waals surface area contributed by atoms with Crippen molar-refractivity contribution in [3.63, 3.8) is 0 Å². The molecule has 1 aliphatic rings. The van der Waals surface area contributed by atoms with Crippen molar-refractivity contribution in [1.82, 2.24) is 0 Å². The molecule has 0 N–H and O–H groups in total. The Balaban J connectivity index is 2.12. The quantitative estimate of drug-likeness (QED) is 0.719. The van der Waals surface area contributed by atoms with Crippen LogP contribution in [0.5, 0.6) is 0 Å². The lowest BCUT2D eigenvalue weighted by Crippen LogP contribution is -2.10. The Labute approximate surface area is 103 Å². The number of Topliss-reactive ketones (excluding diaryl/α,β-unsaturated/α-hetero) is 2. The molecule has 0 radical (unpaired) electrons. The normalized spacial score (nSPS) is 15.4. The number of thiophene rings is 1. The lowest BCUT2D eigenvalue weighted by Gasteiger charge is -2.02. The smallest absolute Gasteiger partial charge is 0.179 e. The largest absolute Gasteiger partial charge is 0.293 e. The number of fused-ring (bicyclic) bond motifs is 1. The molecule has 84 valence electrons.